The molecule has 0 aliphatic carbocycles. The van der Waals surface area contributed by atoms with Crippen molar-refractivity contribution in [3.63, 3.8) is 0 Å². The molecule has 3 aromatic rings. The minimum Gasteiger partial charge on any atom is -0.292 e. The second-order valence-corrected chi connectivity index (χ2v) is 11.2. The lowest BCUT2D eigenvalue weighted by Crippen LogP contribution is -2.57. The van der Waals surface area contributed by atoms with Crippen molar-refractivity contribution >= 4 is 116 Å². The Morgan fingerprint density at radius 2 is 1.23 bits per heavy atom. The number of hydrogen-bond acceptors (Lipinski definition) is 4. The van der Waals surface area contributed by atoms with Crippen LogP contribution in [0.1, 0.15) is 47.9 Å². The van der Waals surface area contributed by atoms with Crippen molar-refractivity contribution in [1.82, 2.24) is 10.0 Å². The van der Waals surface area contributed by atoms with Crippen molar-refractivity contribution in [2.45, 2.75) is 12.5 Å². The second kappa shape index (κ2) is 12.0. The van der Waals surface area contributed by atoms with E-state index in [9.17, 15) is 19.2 Å². The number of benzene rings is 3. The molecule has 0 spiro atoms. The number of fused-ring (bicyclic) bond motifs is 1. The van der Waals surface area contributed by atoms with Crippen LogP contribution in [0.25, 0.3) is 0 Å². The Balaban J connectivity index is 1.93. The molecule has 0 fully saturated rings. The number of Topliss-reactive ketones (excluding diaryl/α,β-unsaturated/α-hetero) is 1. The maximum atomic E-state index is 14.0. The van der Waals surface area contributed by atoms with Crippen LogP contribution >= 0.6 is 92.8 Å². The predicted molar refractivity (Wildman–Crippen MR) is 155 cm³/mol. The summed E-state index contributed by atoms with van der Waals surface area (Å²) in [6.45, 7) is 0. The van der Waals surface area contributed by atoms with Crippen LogP contribution in [-0.4, -0.2) is 45.4 Å². The van der Waals surface area contributed by atoms with E-state index in [1.54, 1.807) is 0 Å². The number of rotatable bonds is 7. The van der Waals surface area contributed by atoms with Crippen molar-refractivity contribution in [1.29, 1.82) is 0 Å². The third-order valence-electron chi connectivity index (χ3n) is 5.78. The maximum Gasteiger partial charge on any atom is 0.282 e. The number of carbonyl (C=O) groups is 4. The number of amides is 3. The fourth-order valence-electron chi connectivity index (χ4n) is 3.94. The number of ketones is 1. The number of hydrazine groups is 1. The molecule has 1 heterocycles. The monoisotopic (exact) mass is 684 g/mol. The smallest absolute Gasteiger partial charge is 0.282 e. The summed E-state index contributed by atoms with van der Waals surface area (Å²) in [5.41, 5.74) is -0.703. The van der Waals surface area contributed by atoms with Crippen LogP contribution in [0.2, 0.25) is 35.2 Å². The van der Waals surface area contributed by atoms with E-state index in [4.69, 9.17) is 92.8 Å². The van der Waals surface area contributed by atoms with Crippen molar-refractivity contribution < 1.29 is 19.2 Å². The van der Waals surface area contributed by atoms with Gasteiger partial charge in [0.05, 0.1) is 41.3 Å². The van der Waals surface area contributed by atoms with Crippen molar-refractivity contribution in [3.8, 4) is 0 Å². The van der Waals surface area contributed by atoms with Crippen molar-refractivity contribution in [2.24, 2.45) is 0 Å². The van der Waals surface area contributed by atoms with Crippen LogP contribution in [-0.2, 0) is 0 Å². The Hall–Kier alpha value is -1.74. The molecule has 6 nitrogen and oxygen atoms in total. The zero-order valence-electron chi connectivity index (χ0n) is 19.1. The second-order valence-electron chi connectivity index (χ2n) is 8.07. The summed E-state index contributed by atoms with van der Waals surface area (Å²) in [7, 11) is 0. The van der Waals surface area contributed by atoms with E-state index in [2.05, 4.69) is 0 Å². The number of carbonyl (C=O) groups excluding carboxylic acids is 4. The van der Waals surface area contributed by atoms with Gasteiger partial charge in [0.15, 0.2) is 5.78 Å². The van der Waals surface area contributed by atoms with Crippen molar-refractivity contribution in [3.05, 3.63) is 99.9 Å². The molecule has 1 aliphatic heterocycles. The molecule has 0 saturated heterocycles. The molecule has 0 bridgehead atoms. The summed E-state index contributed by atoms with van der Waals surface area (Å²) in [6.07, 6.45) is -0.160. The lowest BCUT2D eigenvalue weighted by molar-refractivity contribution is -0.00960. The highest BCUT2D eigenvalue weighted by Gasteiger charge is 2.49. The first-order valence-corrected chi connectivity index (χ1v) is 14.0. The fraction of sp³-hybridized carbons (Fsp3) is 0.120. The van der Waals surface area contributed by atoms with Crippen LogP contribution in [0.3, 0.4) is 0 Å². The minimum absolute atomic E-state index is 0.0207. The molecule has 39 heavy (non-hydrogen) atoms. The van der Waals surface area contributed by atoms with Crippen LogP contribution in [0.15, 0.2) is 42.5 Å². The maximum absolute atomic E-state index is 14.0. The van der Waals surface area contributed by atoms with Gasteiger partial charge in [-0.1, -0.05) is 81.2 Å². The highest BCUT2D eigenvalue weighted by atomic mass is 35.5. The predicted octanol–water partition coefficient (Wildman–Crippen LogP) is 8.79. The molecule has 14 heteroatoms. The third-order valence-corrected chi connectivity index (χ3v) is 8.79. The van der Waals surface area contributed by atoms with Crippen LogP contribution < -0.4 is 0 Å². The standard InChI is InChI=1S/C25H12Cl8N2O4/c26-8-7-15(22(36)10-1-4-12(27)5-2-10)34(23(37)11-3-6-13(28)14(29)9-11)35-24(38)16-17(25(35)39)19(31)21(33)20(32)18(16)30/h1-6,9,15H,7-8H2/t15-/m0/s1. The largest absolute Gasteiger partial charge is 0.292 e. The molecule has 0 radical (unpaired) electrons. The van der Waals surface area contributed by atoms with Crippen molar-refractivity contribution in [2.75, 3.05) is 5.88 Å². The highest BCUT2D eigenvalue weighted by Crippen LogP contribution is 2.45. The Bertz CT molecular complexity index is 1500. The minimum atomic E-state index is -1.45. The van der Waals surface area contributed by atoms with Gasteiger partial charge >= 0.3 is 0 Å². The fourth-order valence-corrected chi connectivity index (χ4v) is 5.59. The zero-order chi connectivity index (χ0) is 28.8. The van der Waals surface area contributed by atoms with Gasteiger partial charge in [0.2, 0.25) is 0 Å². The van der Waals surface area contributed by atoms with Gasteiger partial charge in [-0.15, -0.1) is 11.6 Å². The first-order valence-electron chi connectivity index (χ1n) is 10.8. The van der Waals surface area contributed by atoms with Crippen LogP contribution in [0, 0.1) is 0 Å². The average Bonchev–Trinajstić information content (AvgIpc) is 3.17. The average molecular weight is 688 g/mol. The number of halogens is 8. The van der Waals surface area contributed by atoms with E-state index in [1.807, 2.05) is 0 Å². The summed E-state index contributed by atoms with van der Waals surface area (Å²) >= 11 is 49.0. The van der Waals surface area contributed by atoms with E-state index in [0.29, 0.717) is 15.0 Å². The molecular formula is C25H12Cl8N2O4. The highest BCUT2D eigenvalue weighted by molar-refractivity contribution is 6.55. The molecule has 0 aromatic heterocycles. The van der Waals surface area contributed by atoms with E-state index in [-0.39, 0.29) is 64.7 Å². The molecule has 202 valence electrons. The van der Waals surface area contributed by atoms with Gasteiger partial charge in [-0.25, -0.2) is 5.01 Å². The summed E-state index contributed by atoms with van der Waals surface area (Å²) in [6, 6.07) is 8.27. The number of imide groups is 1. The Labute approximate surface area is 262 Å². The first kappa shape index (κ1) is 30.2. The summed E-state index contributed by atoms with van der Waals surface area (Å²) < 4.78 is 0. The topological polar surface area (TPSA) is 74.8 Å². The van der Waals surface area contributed by atoms with Crippen LogP contribution in [0.5, 0.6) is 0 Å². The molecule has 4 rings (SSSR count). The SMILES string of the molecule is O=C(c1ccc(Cl)cc1)[C@H](CCCl)N(C(=O)c1ccc(Cl)c(Cl)c1)N1C(=O)c2c(Cl)c(Cl)c(Cl)c(Cl)c2C1=O. The number of alkyl halides is 1. The molecule has 0 saturated carbocycles. The third kappa shape index (κ3) is 5.46. The Morgan fingerprint density at radius 1 is 0.718 bits per heavy atom. The molecule has 3 aromatic carbocycles. The lowest BCUT2D eigenvalue weighted by atomic mass is 10.0. The van der Waals surface area contributed by atoms with E-state index in [0.717, 1.165) is 0 Å². The van der Waals surface area contributed by atoms with Gasteiger partial charge in [0.1, 0.15) is 6.04 Å². The molecule has 1 atom stereocenters. The molecular weight excluding hydrogens is 676 g/mol. The van der Waals surface area contributed by atoms with Gasteiger partial charge in [-0.2, -0.15) is 5.01 Å². The van der Waals surface area contributed by atoms with Gasteiger partial charge < -0.3 is 0 Å². The molecule has 3 amide bonds. The lowest BCUT2D eigenvalue weighted by Gasteiger charge is -2.36. The zero-order valence-corrected chi connectivity index (χ0v) is 25.1. The first-order chi connectivity index (χ1) is 18.4. The molecule has 1 aliphatic rings. The van der Waals surface area contributed by atoms with Gasteiger partial charge in [0.25, 0.3) is 17.7 Å². The number of nitrogens with zero attached hydrogens (tertiary/aromatic N) is 2. The molecule has 0 N–H and O–H groups in total. The summed E-state index contributed by atoms with van der Waals surface area (Å²) in [5, 5.41) is 0.503. The summed E-state index contributed by atoms with van der Waals surface area (Å²) in [4.78, 5) is 55.2. The van der Waals surface area contributed by atoms with Gasteiger partial charge in [0, 0.05) is 22.0 Å². The van der Waals surface area contributed by atoms with Gasteiger partial charge in [-0.05, 0) is 48.9 Å². The normalized spacial score (nSPS) is 13.5. The quantitative estimate of drug-likeness (QED) is 0.0818. The van der Waals surface area contributed by atoms with E-state index >= 15 is 0 Å². The Kier molecular flexibility index (Phi) is 9.31. The van der Waals surface area contributed by atoms with E-state index < -0.39 is 29.5 Å². The summed E-state index contributed by atoms with van der Waals surface area (Å²) in [5.74, 6) is -3.82. The number of hydrogen-bond donors (Lipinski definition) is 0. The molecule has 0 unspecified atom stereocenters. The Morgan fingerprint density at radius 3 is 1.72 bits per heavy atom. The van der Waals surface area contributed by atoms with Gasteiger partial charge in [-0.3, -0.25) is 19.2 Å². The van der Waals surface area contributed by atoms with Crippen LogP contribution in [0.4, 0.5) is 0 Å². The van der Waals surface area contributed by atoms with E-state index in [1.165, 1.54) is 42.5 Å².